The van der Waals surface area contributed by atoms with Crippen molar-refractivity contribution in [3.05, 3.63) is 39.4 Å². The molecule has 3 heteroatoms. The van der Waals surface area contributed by atoms with Crippen molar-refractivity contribution in [1.29, 1.82) is 0 Å². The summed E-state index contributed by atoms with van der Waals surface area (Å²) in [6.07, 6.45) is 2.12. The predicted octanol–water partition coefficient (Wildman–Crippen LogP) is 5.43. The molecule has 1 rings (SSSR count). The number of halogens is 3. The smallest absolute Gasteiger partial charge is 0.0426 e. The average molecular weight is 308 g/mol. The minimum Gasteiger partial charge on any atom is -0.0880 e. The maximum absolute atomic E-state index is 5.93. The maximum Gasteiger partial charge on any atom is 0.0426 e. The first-order chi connectivity index (χ1) is 7.02. The van der Waals surface area contributed by atoms with Gasteiger partial charge in [-0.3, -0.25) is 0 Å². The van der Waals surface area contributed by atoms with Gasteiger partial charge in [-0.15, -0.1) is 0 Å². The highest BCUT2D eigenvalue weighted by atomic mass is 79.9. The number of rotatable bonds is 3. The molecule has 0 spiro atoms. The fraction of sp³-hybridized carbons (Fsp3) is 0.333. The van der Waals surface area contributed by atoms with E-state index in [0.717, 1.165) is 10.9 Å². The second-order valence-corrected chi connectivity index (χ2v) is 5.14. The van der Waals surface area contributed by atoms with Crippen molar-refractivity contribution in [2.75, 3.05) is 5.33 Å². The van der Waals surface area contributed by atoms with Gasteiger partial charge in [0.1, 0.15) is 0 Å². The maximum atomic E-state index is 5.93. The van der Waals surface area contributed by atoms with Gasteiger partial charge in [0.05, 0.1) is 0 Å². The van der Waals surface area contributed by atoms with E-state index >= 15 is 0 Å². The lowest BCUT2D eigenvalue weighted by molar-refractivity contribution is 0.781. The van der Waals surface area contributed by atoms with Gasteiger partial charge in [-0.25, -0.2) is 0 Å². The lowest BCUT2D eigenvalue weighted by atomic mass is 10.0. The van der Waals surface area contributed by atoms with E-state index in [1.807, 2.05) is 12.1 Å². The largest absolute Gasteiger partial charge is 0.0880 e. The van der Waals surface area contributed by atoms with Crippen LogP contribution >= 0.6 is 39.1 Å². The Balaban J connectivity index is 3.05. The molecular formula is C12H13BrCl2. The zero-order valence-electron chi connectivity index (χ0n) is 8.73. The first-order valence-corrected chi connectivity index (χ1v) is 6.63. The Labute approximate surface area is 109 Å². The van der Waals surface area contributed by atoms with Gasteiger partial charge in [0.2, 0.25) is 0 Å². The van der Waals surface area contributed by atoms with Crippen molar-refractivity contribution >= 4 is 45.2 Å². The lowest BCUT2D eigenvalue weighted by Gasteiger charge is -2.08. The predicted molar refractivity (Wildman–Crippen MR) is 73.1 cm³/mol. The van der Waals surface area contributed by atoms with E-state index in [2.05, 4.69) is 35.9 Å². The highest BCUT2D eigenvalue weighted by Crippen LogP contribution is 2.23. The molecule has 0 unspecified atom stereocenters. The van der Waals surface area contributed by atoms with Crippen LogP contribution in [0.3, 0.4) is 0 Å². The quantitative estimate of drug-likeness (QED) is 0.653. The summed E-state index contributed by atoms with van der Waals surface area (Å²) in [7, 11) is 0. The van der Waals surface area contributed by atoms with Crippen molar-refractivity contribution in [3.8, 4) is 0 Å². The number of allylic oxidation sites excluding steroid dienone is 1. The molecular weight excluding hydrogens is 295 g/mol. The first kappa shape index (κ1) is 13.1. The topological polar surface area (TPSA) is 0 Å². The Morgan fingerprint density at radius 1 is 1.27 bits per heavy atom. The molecule has 0 heterocycles. The zero-order chi connectivity index (χ0) is 11.4. The van der Waals surface area contributed by atoms with Gasteiger partial charge < -0.3 is 0 Å². The van der Waals surface area contributed by atoms with Crippen LogP contribution in [-0.4, -0.2) is 5.33 Å². The molecule has 0 atom stereocenters. The molecule has 0 aliphatic rings. The molecule has 0 aliphatic heterocycles. The van der Waals surface area contributed by atoms with Crippen LogP contribution in [0.5, 0.6) is 0 Å². The number of alkyl halides is 1. The molecule has 0 nitrogen and oxygen atoms in total. The Hall–Kier alpha value is 0.0200. The van der Waals surface area contributed by atoms with Gasteiger partial charge in [-0.05, 0) is 29.7 Å². The molecule has 0 amide bonds. The summed E-state index contributed by atoms with van der Waals surface area (Å²) >= 11 is 15.3. The fourth-order valence-corrected chi connectivity index (χ4v) is 2.58. The summed E-state index contributed by atoms with van der Waals surface area (Å²) in [6, 6.07) is 5.57. The van der Waals surface area contributed by atoms with Gasteiger partial charge >= 0.3 is 0 Å². The van der Waals surface area contributed by atoms with Gasteiger partial charge in [0, 0.05) is 15.4 Å². The van der Waals surface area contributed by atoms with Crippen LogP contribution in [-0.2, 0) is 0 Å². The summed E-state index contributed by atoms with van der Waals surface area (Å²) in [5.74, 6) is 0.516. The molecule has 0 aliphatic carbocycles. The lowest BCUT2D eigenvalue weighted by Crippen LogP contribution is -1.94. The van der Waals surface area contributed by atoms with Crippen LogP contribution in [0.2, 0.25) is 10.0 Å². The molecule has 0 N–H and O–H groups in total. The molecule has 0 fully saturated rings. The van der Waals surface area contributed by atoms with Crippen molar-refractivity contribution in [2.45, 2.75) is 13.8 Å². The third-order valence-electron chi connectivity index (χ3n) is 2.13. The SMILES string of the molecule is CC(C)/C(=C/c1cc(Cl)cc(Cl)c1)CBr. The average Bonchev–Trinajstić information content (AvgIpc) is 2.12. The van der Waals surface area contributed by atoms with Gasteiger partial charge in [-0.1, -0.05) is 64.6 Å². The Morgan fingerprint density at radius 3 is 2.20 bits per heavy atom. The van der Waals surface area contributed by atoms with Crippen LogP contribution < -0.4 is 0 Å². The van der Waals surface area contributed by atoms with Crippen LogP contribution in [0.4, 0.5) is 0 Å². The van der Waals surface area contributed by atoms with E-state index in [4.69, 9.17) is 23.2 Å². The third kappa shape index (κ3) is 4.18. The Kier molecular flexibility index (Phi) is 5.17. The third-order valence-corrected chi connectivity index (χ3v) is 3.22. The normalized spacial score (nSPS) is 12.3. The van der Waals surface area contributed by atoms with E-state index in [1.54, 1.807) is 6.07 Å². The van der Waals surface area contributed by atoms with Crippen molar-refractivity contribution in [1.82, 2.24) is 0 Å². The van der Waals surface area contributed by atoms with E-state index < -0.39 is 0 Å². The van der Waals surface area contributed by atoms with Crippen molar-refractivity contribution < 1.29 is 0 Å². The number of hydrogen-bond donors (Lipinski definition) is 0. The Morgan fingerprint density at radius 2 is 1.80 bits per heavy atom. The second-order valence-electron chi connectivity index (χ2n) is 3.71. The number of benzene rings is 1. The van der Waals surface area contributed by atoms with E-state index in [0.29, 0.717) is 16.0 Å². The number of hydrogen-bond acceptors (Lipinski definition) is 0. The minimum atomic E-state index is 0.516. The molecule has 82 valence electrons. The summed E-state index contributed by atoms with van der Waals surface area (Å²) in [5, 5.41) is 2.22. The fourth-order valence-electron chi connectivity index (χ4n) is 1.23. The molecule has 1 aromatic rings. The van der Waals surface area contributed by atoms with Crippen LogP contribution in [0, 0.1) is 5.92 Å². The van der Waals surface area contributed by atoms with Gasteiger partial charge in [-0.2, -0.15) is 0 Å². The monoisotopic (exact) mass is 306 g/mol. The highest BCUT2D eigenvalue weighted by molar-refractivity contribution is 9.09. The molecule has 0 bridgehead atoms. The highest BCUT2D eigenvalue weighted by Gasteiger charge is 2.02. The van der Waals surface area contributed by atoms with E-state index in [9.17, 15) is 0 Å². The first-order valence-electron chi connectivity index (χ1n) is 4.75. The van der Waals surface area contributed by atoms with Crippen LogP contribution in [0.1, 0.15) is 19.4 Å². The second kappa shape index (κ2) is 5.93. The van der Waals surface area contributed by atoms with Gasteiger partial charge in [0.15, 0.2) is 0 Å². The van der Waals surface area contributed by atoms with E-state index in [-0.39, 0.29) is 0 Å². The van der Waals surface area contributed by atoms with Crippen molar-refractivity contribution in [2.24, 2.45) is 5.92 Å². The Bertz CT molecular complexity index is 350. The zero-order valence-corrected chi connectivity index (χ0v) is 11.8. The molecule has 0 saturated carbocycles. The summed E-state index contributed by atoms with van der Waals surface area (Å²) < 4.78 is 0. The standard InChI is InChI=1S/C12H13BrCl2/c1-8(2)10(7-13)3-9-4-11(14)6-12(15)5-9/h3-6,8H,7H2,1-2H3/b10-3+. The molecule has 0 radical (unpaired) electrons. The summed E-state index contributed by atoms with van der Waals surface area (Å²) in [5.41, 5.74) is 2.38. The molecule has 1 aromatic carbocycles. The van der Waals surface area contributed by atoms with E-state index in [1.165, 1.54) is 5.57 Å². The van der Waals surface area contributed by atoms with Crippen LogP contribution in [0.25, 0.3) is 6.08 Å². The summed E-state index contributed by atoms with van der Waals surface area (Å²) in [4.78, 5) is 0. The molecule has 0 aromatic heterocycles. The van der Waals surface area contributed by atoms with Gasteiger partial charge in [0.25, 0.3) is 0 Å². The summed E-state index contributed by atoms with van der Waals surface area (Å²) in [6.45, 7) is 4.33. The van der Waals surface area contributed by atoms with Crippen molar-refractivity contribution in [3.63, 3.8) is 0 Å². The molecule has 15 heavy (non-hydrogen) atoms. The van der Waals surface area contributed by atoms with Crippen LogP contribution in [0.15, 0.2) is 23.8 Å². The molecule has 0 saturated heterocycles. The minimum absolute atomic E-state index is 0.516.